The average molecular weight is 400 g/mol. The van der Waals surface area contributed by atoms with E-state index >= 15 is 0 Å². The number of anilines is 1. The predicted molar refractivity (Wildman–Crippen MR) is 104 cm³/mol. The summed E-state index contributed by atoms with van der Waals surface area (Å²) in [4.78, 5) is 34.9. The van der Waals surface area contributed by atoms with Gasteiger partial charge in [0.15, 0.2) is 10.9 Å². The Hall–Kier alpha value is -3.04. The van der Waals surface area contributed by atoms with Crippen LogP contribution in [-0.2, 0) is 22.5 Å². The van der Waals surface area contributed by atoms with Gasteiger partial charge in [-0.2, -0.15) is 0 Å². The lowest BCUT2D eigenvalue weighted by Crippen LogP contribution is -2.34. The number of aromatic nitrogens is 2. The number of furan rings is 1. The van der Waals surface area contributed by atoms with Crippen LogP contribution in [0.15, 0.2) is 52.7 Å². The van der Waals surface area contributed by atoms with E-state index in [1.165, 1.54) is 17.6 Å². The van der Waals surface area contributed by atoms with Gasteiger partial charge in [0, 0.05) is 38.0 Å². The fraction of sp³-hybridized carbons (Fsp3) is 0.263. The minimum atomic E-state index is -0.379. The van der Waals surface area contributed by atoms with Crippen molar-refractivity contribution in [2.24, 2.45) is 0 Å². The molecule has 0 atom stereocenters. The summed E-state index contributed by atoms with van der Waals surface area (Å²) in [7, 11) is 1.60. The number of thiazole rings is 1. The molecule has 0 bridgehead atoms. The summed E-state index contributed by atoms with van der Waals surface area (Å²) < 4.78 is 10.2. The largest absolute Gasteiger partial charge is 0.459 e. The third-order valence-electron chi connectivity index (χ3n) is 3.86. The maximum atomic E-state index is 12.8. The quantitative estimate of drug-likeness (QED) is 0.593. The summed E-state index contributed by atoms with van der Waals surface area (Å²) in [5.74, 6) is -0.249. The van der Waals surface area contributed by atoms with Crippen LogP contribution in [0.25, 0.3) is 0 Å². The number of pyridine rings is 1. The van der Waals surface area contributed by atoms with Gasteiger partial charge >= 0.3 is 0 Å². The Morgan fingerprint density at radius 2 is 2.21 bits per heavy atom. The van der Waals surface area contributed by atoms with Gasteiger partial charge < -0.3 is 14.1 Å². The van der Waals surface area contributed by atoms with E-state index in [1.807, 2.05) is 12.1 Å². The highest BCUT2D eigenvalue weighted by Crippen LogP contribution is 2.18. The zero-order chi connectivity index (χ0) is 19.8. The number of carbonyl (C=O) groups excluding carboxylic acids is 2. The zero-order valence-corrected chi connectivity index (χ0v) is 16.1. The van der Waals surface area contributed by atoms with Crippen LogP contribution < -0.4 is 5.32 Å². The highest BCUT2D eigenvalue weighted by molar-refractivity contribution is 7.14. The number of nitrogens with zero attached hydrogens (tertiary/aromatic N) is 3. The first-order chi connectivity index (χ1) is 13.7. The van der Waals surface area contributed by atoms with Crippen LogP contribution in [0.5, 0.6) is 0 Å². The van der Waals surface area contributed by atoms with Crippen molar-refractivity contribution >= 4 is 28.3 Å². The van der Waals surface area contributed by atoms with Crippen LogP contribution in [0, 0.1) is 0 Å². The van der Waals surface area contributed by atoms with Crippen LogP contribution >= 0.6 is 11.3 Å². The molecule has 146 valence electrons. The van der Waals surface area contributed by atoms with E-state index in [1.54, 1.807) is 41.9 Å². The van der Waals surface area contributed by atoms with Crippen LogP contribution in [0.2, 0.25) is 0 Å². The van der Waals surface area contributed by atoms with Gasteiger partial charge in [0.25, 0.3) is 5.91 Å². The Balaban J connectivity index is 1.61. The molecule has 28 heavy (non-hydrogen) atoms. The minimum absolute atomic E-state index is 0.0740. The molecule has 9 heteroatoms. The van der Waals surface area contributed by atoms with E-state index in [-0.39, 0.29) is 24.0 Å². The number of methoxy groups -OCH3 is 1. The van der Waals surface area contributed by atoms with Crippen LogP contribution in [-0.4, -0.2) is 46.9 Å². The number of ether oxygens (including phenoxy) is 1. The first-order valence-corrected chi connectivity index (χ1v) is 9.48. The molecule has 0 saturated heterocycles. The molecular weight excluding hydrogens is 380 g/mol. The smallest absolute Gasteiger partial charge is 0.293 e. The summed E-state index contributed by atoms with van der Waals surface area (Å²) in [6, 6.07) is 6.96. The van der Waals surface area contributed by atoms with Crippen LogP contribution in [0.4, 0.5) is 5.13 Å². The van der Waals surface area contributed by atoms with Crippen molar-refractivity contribution in [2.75, 3.05) is 25.6 Å². The van der Waals surface area contributed by atoms with Crippen molar-refractivity contribution < 1.29 is 18.7 Å². The number of rotatable bonds is 9. The first-order valence-electron chi connectivity index (χ1n) is 8.60. The van der Waals surface area contributed by atoms with E-state index in [0.717, 1.165) is 5.56 Å². The van der Waals surface area contributed by atoms with Crippen molar-refractivity contribution in [3.05, 3.63) is 65.3 Å². The fourth-order valence-corrected chi connectivity index (χ4v) is 3.19. The van der Waals surface area contributed by atoms with E-state index in [4.69, 9.17) is 9.15 Å². The molecule has 8 nitrogen and oxygen atoms in total. The lowest BCUT2D eigenvalue weighted by Gasteiger charge is -2.22. The SMILES string of the molecule is COCCN(Cc1cccnc1)C(=O)Cc1csc(NC(=O)c2ccco2)n1. The molecule has 0 fully saturated rings. The standard InChI is InChI=1S/C19H20N4O4S/c1-26-9-7-23(12-14-4-2-6-20-11-14)17(24)10-15-13-28-19(21-15)22-18(25)16-5-3-8-27-16/h2-6,8,11,13H,7,9-10,12H2,1H3,(H,21,22,25). The normalized spacial score (nSPS) is 10.6. The molecule has 0 aliphatic rings. The fourth-order valence-electron chi connectivity index (χ4n) is 2.48. The highest BCUT2D eigenvalue weighted by atomic mass is 32.1. The van der Waals surface area contributed by atoms with Gasteiger partial charge in [-0.25, -0.2) is 4.98 Å². The highest BCUT2D eigenvalue weighted by Gasteiger charge is 2.17. The van der Waals surface area contributed by atoms with E-state index < -0.39 is 0 Å². The molecule has 3 aromatic rings. The van der Waals surface area contributed by atoms with Crippen LogP contribution in [0.3, 0.4) is 0 Å². The molecule has 0 radical (unpaired) electrons. The Kier molecular flexibility index (Phi) is 6.88. The number of nitrogens with one attached hydrogen (secondary N) is 1. The zero-order valence-electron chi connectivity index (χ0n) is 15.3. The Morgan fingerprint density at radius 1 is 1.32 bits per heavy atom. The van der Waals surface area contributed by atoms with E-state index in [0.29, 0.717) is 30.5 Å². The molecule has 3 heterocycles. The maximum absolute atomic E-state index is 12.8. The third kappa shape index (κ3) is 5.48. The molecular formula is C19H20N4O4S. The Morgan fingerprint density at radius 3 is 2.93 bits per heavy atom. The summed E-state index contributed by atoms with van der Waals surface area (Å²) in [6.45, 7) is 1.35. The van der Waals surface area contributed by atoms with Gasteiger partial charge in [0.2, 0.25) is 5.91 Å². The topological polar surface area (TPSA) is 97.6 Å². The molecule has 3 rings (SSSR count). The molecule has 2 amide bonds. The molecule has 0 saturated carbocycles. The van der Waals surface area contributed by atoms with Crippen molar-refractivity contribution in [3.63, 3.8) is 0 Å². The summed E-state index contributed by atoms with van der Waals surface area (Å²) in [5.41, 5.74) is 1.54. The van der Waals surface area contributed by atoms with Gasteiger partial charge in [-0.05, 0) is 23.8 Å². The van der Waals surface area contributed by atoms with Crippen molar-refractivity contribution in [1.82, 2.24) is 14.9 Å². The lowest BCUT2D eigenvalue weighted by atomic mass is 10.2. The second kappa shape index (κ2) is 9.77. The van der Waals surface area contributed by atoms with Crippen LogP contribution in [0.1, 0.15) is 21.8 Å². The number of hydrogen-bond acceptors (Lipinski definition) is 7. The monoisotopic (exact) mass is 400 g/mol. The van der Waals surface area contributed by atoms with Crippen molar-refractivity contribution in [1.29, 1.82) is 0 Å². The summed E-state index contributed by atoms with van der Waals surface area (Å²) >= 11 is 1.26. The third-order valence-corrected chi connectivity index (χ3v) is 4.67. The molecule has 0 aromatic carbocycles. The molecule has 1 N–H and O–H groups in total. The second-order valence-corrected chi connectivity index (χ2v) is 6.78. The molecule has 0 spiro atoms. The van der Waals surface area contributed by atoms with Gasteiger partial charge in [0.1, 0.15) is 0 Å². The van der Waals surface area contributed by atoms with Crippen molar-refractivity contribution in [3.8, 4) is 0 Å². The predicted octanol–water partition coefficient (Wildman–Crippen LogP) is 2.60. The molecule has 3 aromatic heterocycles. The van der Waals surface area contributed by atoms with Gasteiger partial charge in [-0.15, -0.1) is 11.3 Å². The molecule has 0 aliphatic heterocycles. The maximum Gasteiger partial charge on any atom is 0.293 e. The number of carbonyl (C=O) groups is 2. The Bertz CT molecular complexity index is 896. The summed E-state index contributed by atoms with van der Waals surface area (Å²) in [6.07, 6.45) is 4.99. The first kappa shape index (κ1) is 19.7. The van der Waals surface area contributed by atoms with Gasteiger partial charge in [-0.1, -0.05) is 6.07 Å². The Labute approximate surface area is 166 Å². The van der Waals surface area contributed by atoms with Crippen molar-refractivity contribution in [2.45, 2.75) is 13.0 Å². The second-order valence-electron chi connectivity index (χ2n) is 5.92. The lowest BCUT2D eigenvalue weighted by molar-refractivity contribution is -0.131. The average Bonchev–Trinajstić information content (AvgIpc) is 3.38. The molecule has 0 aliphatic carbocycles. The summed E-state index contributed by atoms with van der Waals surface area (Å²) in [5, 5.41) is 4.84. The molecule has 0 unspecified atom stereocenters. The number of amides is 2. The minimum Gasteiger partial charge on any atom is -0.459 e. The van der Waals surface area contributed by atoms with Gasteiger partial charge in [0.05, 0.1) is 25.0 Å². The number of hydrogen-bond donors (Lipinski definition) is 1. The van der Waals surface area contributed by atoms with Gasteiger partial charge in [-0.3, -0.25) is 19.9 Å². The van der Waals surface area contributed by atoms with E-state index in [2.05, 4.69) is 15.3 Å². The van der Waals surface area contributed by atoms with E-state index in [9.17, 15) is 9.59 Å².